The van der Waals surface area contributed by atoms with Gasteiger partial charge in [0.1, 0.15) is 5.60 Å². The molecule has 0 aromatic rings. The predicted octanol–water partition coefficient (Wildman–Crippen LogP) is 3.09. The van der Waals surface area contributed by atoms with E-state index < -0.39 is 28.4 Å². The standard InChI is InChI=1S/C19H23FO4/c1-17-8-7-12(21)9-11(17)3-4-14-13-5-6-16(23)24-18(13,2)10-15(22)19(14,17)20/h9,13-14H,3-8,10H2,1-2H3/t13-,14-,17-,18-,19-/m0/s1. The highest BCUT2D eigenvalue weighted by Gasteiger charge is 2.70. The molecule has 5 heteroatoms. The molecule has 2 saturated carbocycles. The van der Waals surface area contributed by atoms with E-state index in [4.69, 9.17) is 4.74 Å². The molecule has 4 nitrogen and oxygen atoms in total. The van der Waals surface area contributed by atoms with Gasteiger partial charge in [-0.2, -0.15) is 0 Å². The first-order chi connectivity index (χ1) is 11.2. The normalized spacial score (nSPS) is 48.0. The molecule has 1 heterocycles. The molecule has 24 heavy (non-hydrogen) atoms. The first-order valence-electron chi connectivity index (χ1n) is 8.89. The summed E-state index contributed by atoms with van der Waals surface area (Å²) in [6, 6.07) is 0. The number of ether oxygens (including phenoxy) is 1. The molecule has 1 aliphatic heterocycles. The SMILES string of the molecule is C[C@]12CCC(=O)C=C1CC[C@H]1[C@@H]3CCC(=O)O[C@@]3(C)CC(=O)[C@@]12F. The van der Waals surface area contributed by atoms with Crippen LogP contribution in [0.1, 0.15) is 58.8 Å². The van der Waals surface area contributed by atoms with Gasteiger partial charge in [-0.1, -0.05) is 12.5 Å². The molecule has 4 rings (SSSR count). The van der Waals surface area contributed by atoms with E-state index in [1.807, 2.05) is 6.92 Å². The molecule has 0 aromatic carbocycles. The van der Waals surface area contributed by atoms with Gasteiger partial charge in [-0.15, -0.1) is 0 Å². The van der Waals surface area contributed by atoms with Gasteiger partial charge in [0.2, 0.25) is 0 Å². The minimum Gasteiger partial charge on any atom is -0.459 e. The number of hydrogen-bond acceptors (Lipinski definition) is 4. The van der Waals surface area contributed by atoms with Crippen LogP contribution in [0.3, 0.4) is 0 Å². The Morgan fingerprint density at radius 1 is 1.08 bits per heavy atom. The topological polar surface area (TPSA) is 60.4 Å². The maximum atomic E-state index is 16.5. The van der Waals surface area contributed by atoms with E-state index in [1.165, 1.54) is 0 Å². The van der Waals surface area contributed by atoms with E-state index in [0.717, 1.165) is 5.57 Å². The number of esters is 1. The van der Waals surface area contributed by atoms with Gasteiger partial charge in [0, 0.05) is 36.5 Å². The van der Waals surface area contributed by atoms with Gasteiger partial charge in [-0.05, 0) is 38.7 Å². The lowest BCUT2D eigenvalue weighted by Gasteiger charge is -2.60. The fraction of sp³-hybridized carbons (Fsp3) is 0.737. The maximum Gasteiger partial charge on any atom is 0.306 e. The molecule has 3 aliphatic carbocycles. The average Bonchev–Trinajstić information content (AvgIpc) is 2.49. The minimum absolute atomic E-state index is 0.0317. The van der Waals surface area contributed by atoms with Crippen LogP contribution in [0.5, 0.6) is 0 Å². The van der Waals surface area contributed by atoms with Crippen LogP contribution in [-0.2, 0) is 19.1 Å². The summed E-state index contributed by atoms with van der Waals surface area (Å²) in [5, 5.41) is 0. The lowest BCUT2D eigenvalue weighted by atomic mass is 9.46. The van der Waals surface area contributed by atoms with Crippen molar-refractivity contribution >= 4 is 17.5 Å². The van der Waals surface area contributed by atoms with Gasteiger partial charge >= 0.3 is 5.97 Å². The van der Waals surface area contributed by atoms with Crippen molar-refractivity contribution in [3.63, 3.8) is 0 Å². The van der Waals surface area contributed by atoms with Crippen molar-refractivity contribution in [1.29, 1.82) is 0 Å². The molecule has 0 N–H and O–H groups in total. The largest absolute Gasteiger partial charge is 0.459 e. The molecule has 4 aliphatic rings. The molecule has 0 unspecified atom stereocenters. The van der Waals surface area contributed by atoms with Gasteiger partial charge in [0.05, 0.1) is 0 Å². The number of halogens is 1. The molecule has 0 spiro atoms. The molecule has 130 valence electrons. The first-order valence-corrected chi connectivity index (χ1v) is 8.89. The van der Waals surface area contributed by atoms with Crippen LogP contribution in [0.25, 0.3) is 0 Å². The molecule has 0 aromatic heterocycles. The highest BCUT2D eigenvalue weighted by atomic mass is 19.1. The molecule has 0 radical (unpaired) electrons. The van der Waals surface area contributed by atoms with E-state index >= 15 is 4.39 Å². The van der Waals surface area contributed by atoms with E-state index in [1.54, 1.807) is 13.0 Å². The summed E-state index contributed by atoms with van der Waals surface area (Å²) >= 11 is 0. The zero-order valence-electron chi connectivity index (χ0n) is 14.2. The van der Waals surface area contributed by atoms with E-state index in [0.29, 0.717) is 38.5 Å². The van der Waals surface area contributed by atoms with Gasteiger partial charge in [-0.3, -0.25) is 14.4 Å². The van der Waals surface area contributed by atoms with Gasteiger partial charge < -0.3 is 4.74 Å². The lowest BCUT2D eigenvalue weighted by molar-refractivity contribution is -0.210. The number of rotatable bonds is 0. The smallest absolute Gasteiger partial charge is 0.306 e. The molecular formula is C19H23FO4. The van der Waals surface area contributed by atoms with Crippen molar-refractivity contribution < 1.29 is 23.5 Å². The number of Topliss-reactive ketones (excluding diaryl/α,β-unsaturated/α-hetero) is 1. The number of allylic oxidation sites excluding steroid dienone is 2. The van der Waals surface area contributed by atoms with Crippen LogP contribution in [0.4, 0.5) is 4.39 Å². The second-order valence-corrected chi connectivity index (χ2v) is 8.36. The molecule has 0 amide bonds. The van der Waals surface area contributed by atoms with Crippen LogP contribution in [-0.4, -0.2) is 28.8 Å². The van der Waals surface area contributed by atoms with Crippen molar-refractivity contribution in [1.82, 2.24) is 0 Å². The number of fused-ring (bicyclic) bond motifs is 5. The molecule has 1 saturated heterocycles. The van der Waals surface area contributed by atoms with Crippen molar-refractivity contribution in [3.05, 3.63) is 11.6 Å². The highest BCUT2D eigenvalue weighted by molar-refractivity contribution is 5.95. The third-order valence-electron chi connectivity index (χ3n) is 7.15. The van der Waals surface area contributed by atoms with Crippen LogP contribution in [0.15, 0.2) is 11.6 Å². The number of hydrogen-bond donors (Lipinski definition) is 0. The second-order valence-electron chi connectivity index (χ2n) is 8.36. The molecular weight excluding hydrogens is 311 g/mol. The van der Waals surface area contributed by atoms with Crippen molar-refractivity contribution in [2.75, 3.05) is 0 Å². The fourth-order valence-electron chi connectivity index (χ4n) is 5.84. The summed E-state index contributed by atoms with van der Waals surface area (Å²) < 4.78 is 22.0. The summed E-state index contributed by atoms with van der Waals surface area (Å²) in [5.74, 6) is -1.28. The van der Waals surface area contributed by atoms with Crippen LogP contribution >= 0.6 is 0 Å². The van der Waals surface area contributed by atoms with E-state index in [9.17, 15) is 14.4 Å². The van der Waals surface area contributed by atoms with Crippen LogP contribution in [0, 0.1) is 17.3 Å². The predicted molar refractivity (Wildman–Crippen MR) is 83.8 cm³/mol. The second kappa shape index (κ2) is 4.77. The van der Waals surface area contributed by atoms with Gasteiger partial charge in [-0.25, -0.2) is 4.39 Å². The molecule has 0 bridgehead atoms. The minimum atomic E-state index is -1.95. The number of ketones is 2. The monoisotopic (exact) mass is 334 g/mol. The third-order valence-corrected chi connectivity index (χ3v) is 7.15. The Labute approximate surface area is 140 Å². The fourth-order valence-corrected chi connectivity index (χ4v) is 5.84. The quantitative estimate of drug-likeness (QED) is 0.639. The van der Waals surface area contributed by atoms with Crippen LogP contribution in [0.2, 0.25) is 0 Å². The van der Waals surface area contributed by atoms with Gasteiger partial charge in [0.25, 0.3) is 0 Å². The molecule has 3 fully saturated rings. The Bertz CT molecular complexity index is 683. The van der Waals surface area contributed by atoms with Crippen molar-refractivity contribution in [2.45, 2.75) is 70.1 Å². The van der Waals surface area contributed by atoms with Crippen molar-refractivity contribution in [2.24, 2.45) is 17.3 Å². The molecule has 5 atom stereocenters. The zero-order chi connectivity index (χ0) is 17.3. The summed E-state index contributed by atoms with van der Waals surface area (Å²) in [6.07, 6.45) is 4.24. The Morgan fingerprint density at radius 2 is 1.79 bits per heavy atom. The Hall–Kier alpha value is -1.52. The van der Waals surface area contributed by atoms with Crippen molar-refractivity contribution in [3.8, 4) is 0 Å². The number of carbonyl (C=O) groups is 3. The third kappa shape index (κ3) is 1.81. The van der Waals surface area contributed by atoms with E-state index in [2.05, 4.69) is 0 Å². The summed E-state index contributed by atoms with van der Waals surface area (Å²) in [6.45, 7) is 3.59. The summed E-state index contributed by atoms with van der Waals surface area (Å²) in [4.78, 5) is 36.5. The zero-order valence-corrected chi connectivity index (χ0v) is 14.2. The average molecular weight is 334 g/mol. The number of carbonyl (C=O) groups excluding carboxylic acids is 3. The Kier molecular flexibility index (Phi) is 3.17. The Morgan fingerprint density at radius 3 is 2.54 bits per heavy atom. The van der Waals surface area contributed by atoms with E-state index in [-0.39, 0.29) is 24.1 Å². The maximum absolute atomic E-state index is 16.5. The first kappa shape index (κ1) is 16.0. The van der Waals surface area contributed by atoms with Gasteiger partial charge in [0.15, 0.2) is 17.2 Å². The highest BCUT2D eigenvalue weighted by Crippen LogP contribution is 2.64. The Balaban J connectivity index is 1.81. The summed E-state index contributed by atoms with van der Waals surface area (Å²) in [7, 11) is 0. The lowest BCUT2D eigenvalue weighted by Crippen LogP contribution is -2.68. The summed E-state index contributed by atoms with van der Waals surface area (Å²) in [5.41, 5.74) is -2.94. The van der Waals surface area contributed by atoms with Crippen LogP contribution < -0.4 is 0 Å². The number of alkyl halides is 1.